The molecule has 0 amide bonds. The Hall–Kier alpha value is -2.03. The minimum atomic E-state index is -0.286. The second kappa shape index (κ2) is 7.11. The summed E-state index contributed by atoms with van der Waals surface area (Å²) in [6.07, 6.45) is 6.62. The molecule has 0 saturated heterocycles. The maximum Gasteiger partial charge on any atom is 0.161 e. The first kappa shape index (κ1) is 15.4. The van der Waals surface area contributed by atoms with E-state index in [9.17, 15) is 0 Å². The second-order valence-corrected chi connectivity index (χ2v) is 4.90. The van der Waals surface area contributed by atoms with Crippen LogP contribution in [0.25, 0.3) is 0 Å². The topological polar surface area (TPSA) is 94.1 Å². The number of nitrogens with two attached hydrogens (primary N) is 1. The van der Waals surface area contributed by atoms with Gasteiger partial charge < -0.3 is 9.64 Å². The molecule has 2 aromatic rings. The highest BCUT2D eigenvalue weighted by atomic mass is 16.5. The van der Waals surface area contributed by atoms with Gasteiger partial charge in [-0.3, -0.25) is 10.5 Å². The summed E-state index contributed by atoms with van der Waals surface area (Å²) in [7, 11) is 5.65. The first-order chi connectivity index (χ1) is 10.2. The van der Waals surface area contributed by atoms with E-state index in [2.05, 4.69) is 25.4 Å². The third-order valence-electron chi connectivity index (χ3n) is 3.18. The van der Waals surface area contributed by atoms with E-state index < -0.39 is 0 Å². The summed E-state index contributed by atoms with van der Waals surface area (Å²) in [4.78, 5) is 10.2. The number of ether oxygens (including phenoxy) is 1. The van der Waals surface area contributed by atoms with Crippen LogP contribution < -0.4 is 16.0 Å². The molecule has 1 unspecified atom stereocenters. The minimum absolute atomic E-state index is 0.286. The van der Waals surface area contributed by atoms with Gasteiger partial charge in [0, 0.05) is 24.5 Å². The lowest BCUT2D eigenvalue weighted by molar-refractivity contribution is 0.359. The van der Waals surface area contributed by atoms with Gasteiger partial charge in [-0.25, -0.2) is 15.4 Å². The number of nitrogens with one attached hydrogen (secondary N) is 1. The van der Waals surface area contributed by atoms with E-state index in [0.717, 1.165) is 24.3 Å². The molecule has 0 aliphatic carbocycles. The average molecular weight is 291 g/mol. The SMILES string of the molecule is COc1cnn(CCN(C)C)c1C(NN)c1cncnc1. The highest BCUT2D eigenvalue weighted by Gasteiger charge is 2.23. The summed E-state index contributed by atoms with van der Waals surface area (Å²) in [5.41, 5.74) is 4.50. The molecule has 1 atom stereocenters. The van der Waals surface area contributed by atoms with Crippen molar-refractivity contribution in [2.45, 2.75) is 12.6 Å². The van der Waals surface area contributed by atoms with Gasteiger partial charge in [-0.1, -0.05) is 0 Å². The Labute approximate surface area is 123 Å². The normalized spacial score (nSPS) is 12.6. The molecule has 0 spiro atoms. The molecule has 2 aromatic heterocycles. The number of hydrogen-bond donors (Lipinski definition) is 2. The number of rotatable bonds is 7. The number of aromatic nitrogens is 4. The standard InChI is InChI=1S/C13H21N7O/c1-19(2)4-5-20-13(11(21-3)8-17-20)12(18-14)10-6-15-9-16-7-10/h6-9,12,18H,4-5,14H2,1-3H3. The predicted molar refractivity (Wildman–Crippen MR) is 78.5 cm³/mol. The molecule has 114 valence electrons. The third-order valence-corrected chi connectivity index (χ3v) is 3.18. The Morgan fingerprint density at radius 1 is 1.33 bits per heavy atom. The Balaban J connectivity index is 2.37. The molecular formula is C13H21N7O. The van der Waals surface area contributed by atoms with Gasteiger partial charge in [0.1, 0.15) is 12.0 Å². The quantitative estimate of drug-likeness (QED) is 0.538. The largest absolute Gasteiger partial charge is 0.493 e. The second-order valence-electron chi connectivity index (χ2n) is 4.90. The number of hydrazine groups is 1. The van der Waals surface area contributed by atoms with Crippen LogP contribution in [0.15, 0.2) is 24.9 Å². The highest BCUT2D eigenvalue weighted by Crippen LogP contribution is 2.28. The molecule has 0 fully saturated rings. The summed E-state index contributed by atoms with van der Waals surface area (Å²) in [5, 5.41) is 4.38. The van der Waals surface area contributed by atoms with Crippen LogP contribution in [0.5, 0.6) is 5.75 Å². The van der Waals surface area contributed by atoms with Crippen molar-refractivity contribution in [1.82, 2.24) is 30.1 Å². The van der Waals surface area contributed by atoms with E-state index in [4.69, 9.17) is 10.6 Å². The number of nitrogens with zero attached hydrogens (tertiary/aromatic N) is 5. The lowest BCUT2D eigenvalue weighted by Crippen LogP contribution is -2.32. The first-order valence-electron chi connectivity index (χ1n) is 6.62. The predicted octanol–water partition coefficient (Wildman–Crippen LogP) is -0.204. The van der Waals surface area contributed by atoms with E-state index in [0.29, 0.717) is 5.75 Å². The average Bonchev–Trinajstić information content (AvgIpc) is 2.90. The van der Waals surface area contributed by atoms with E-state index in [-0.39, 0.29) is 6.04 Å². The summed E-state index contributed by atoms with van der Waals surface area (Å²) in [6.45, 7) is 1.60. The minimum Gasteiger partial charge on any atom is -0.493 e. The molecule has 0 radical (unpaired) electrons. The van der Waals surface area contributed by atoms with Gasteiger partial charge in [0.2, 0.25) is 0 Å². The van der Waals surface area contributed by atoms with Crippen LogP contribution in [-0.4, -0.2) is 52.4 Å². The van der Waals surface area contributed by atoms with E-state index in [1.54, 1.807) is 25.7 Å². The number of hydrogen-bond acceptors (Lipinski definition) is 7. The van der Waals surface area contributed by atoms with Crippen LogP contribution >= 0.6 is 0 Å². The summed E-state index contributed by atoms with van der Waals surface area (Å²) >= 11 is 0. The molecule has 3 N–H and O–H groups in total. The van der Waals surface area contributed by atoms with Crippen LogP contribution in [-0.2, 0) is 6.54 Å². The molecule has 0 bridgehead atoms. The van der Waals surface area contributed by atoms with Crippen molar-refractivity contribution in [1.29, 1.82) is 0 Å². The summed E-state index contributed by atoms with van der Waals surface area (Å²) < 4.78 is 7.29. The van der Waals surface area contributed by atoms with Crippen molar-refractivity contribution in [3.8, 4) is 5.75 Å². The molecule has 0 aromatic carbocycles. The van der Waals surface area contributed by atoms with Gasteiger partial charge in [0.05, 0.1) is 25.9 Å². The van der Waals surface area contributed by atoms with E-state index >= 15 is 0 Å². The fraction of sp³-hybridized carbons (Fsp3) is 0.462. The Morgan fingerprint density at radius 2 is 2.05 bits per heavy atom. The Kier molecular flexibility index (Phi) is 5.20. The van der Waals surface area contributed by atoms with E-state index in [1.807, 2.05) is 18.8 Å². The lowest BCUT2D eigenvalue weighted by Gasteiger charge is -2.19. The van der Waals surface area contributed by atoms with Gasteiger partial charge in [-0.2, -0.15) is 5.10 Å². The van der Waals surface area contributed by atoms with Crippen LogP contribution in [0, 0.1) is 0 Å². The van der Waals surface area contributed by atoms with Crippen molar-refractivity contribution in [3.63, 3.8) is 0 Å². The van der Waals surface area contributed by atoms with E-state index in [1.165, 1.54) is 6.33 Å². The van der Waals surface area contributed by atoms with Gasteiger partial charge in [-0.05, 0) is 14.1 Å². The monoisotopic (exact) mass is 291 g/mol. The molecule has 0 aliphatic rings. The van der Waals surface area contributed by atoms with Gasteiger partial charge in [-0.15, -0.1) is 0 Å². The molecule has 8 nitrogen and oxygen atoms in total. The molecule has 0 aliphatic heterocycles. The summed E-state index contributed by atoms with van der Waals surface area (Å²) in [5.74, 6) is 6.41. The van der Waals surface area contributed by atoms with Crippen molar-refractivity contribution < 1.29 is 4.74 Å². The zero-order valence-corrected chi connectivity index (χ0v) is 12.5. The molecule has 2 heterocycles. The maximum atomic E-state index is 5.73. The molecule has 21 heavy (non-hydrogen) atoms. The van der Waals surface area contributed by atoms with Crippen molar-refractivity contribution >= 4 is 0 Å². The van der Waals surface area contributed by atoms with Gasteiger partial charge in [0.25, 0.3) is 0 Å². The lowest BCUT2D eigenvalue weighted by atomic mass is 10.1. The fourth-order valence-corrected chi connectivity index (χ4v) is 2.09. The zero-order chi connectivity index (χ0) is 15.2. The number of methoxy groups -OCH3 is 1. The van der Waals surface area contributed by atoms with Crippen LogP contribution in [0.1, 0.15) is 17.3 Å². The zero-order valence-electron chi connectivity index (χ0n) is 12.5. The van der Waals surface area contributed by atoms with Crippen molar-refractivity contribution in [3.05, 3.63) is 36.2 Å². The van der Waals surface area contributed by atoms with Crippen LogP contribution in [0.3, 0.4) is 0 Å². The molecule has 8 heteroatoms. The first-order valence-corrected chi connectivity index (χ1v) is 6.62. The molecule has 0 saturated carbocycles. The Morgan fingerprint density at radius 3 is 2.62 bits per heavy atom. The molecule has 2 rings (SSSR count). The summed E-state index contributed by atoms with van der Waals surface area (Å²) in [6, 6.07) is -0.286. The van der Waals surface area contributed by atoms with Gasteiger partial charge in [0.15, 0.2) is 5.75 Å². The van der Waals surface area contributed by atoms with Crippen molar-refractivity contribution in [2.24, 2.45) is 5.84 Å². The number of likely N-dealkylation sites (N-methyl/N-ethyl adjacent to an activating group) is 1. The maximum absolute atomic E-state index is 5.73. The smallest absolute Gasteiger partial charge is 0.161 e. The van der Waals surface area contributed by atoms with Crippen LogP contribution in [0.4, 0.5) is 0 Å². The van der Waals surface area contributed by atoms with Crippen LogP contribution in [0.2, 0.25) is 0 Å². The third kappa shape index (κ3) is 3.54. The van der Waals surface area contributed by atoms with Gasteiger partial charge >= 0.3 is 0 Å². The highest BCUT2D eigenvalue weighted by molar-refractivity contribution is 5.34. The fourth-order valence-electron chi connectivity index (χ4n) is 2.09. The molecular weight excluding hydrogens is 270 g/mol. The Bertz CT molecular complexity index is 555. The van der Waals surface area contributed by atoms with Crippen molar-refractivity contribution in [2.75, 3.05) is 27.7 Å².